The fraction of sp³-hybridized carbons (Fsp3) is 0.500. The summed E-state index contributed by atoms with van der Waals surface area (Å²) in [6.07, 6.45) is 0.694. The predicted molar refractivity (Wildman–Crippen MR) is 73.7 cm³/mol. The Balaban J connectivity index is 2.31. The van der Waals surface area contributed by atoms with Crippen molar-refractivity contribution >= 4 is 11.6 Å². The Morgan fingerprint density at radius 1 is 1.44 bits per heavy atom. The van der Waals surface area contributed by atoms with Crippen molar-refractivity contribution in [1.29, 1.82) is 0 Å². The highest BCUT2D eigenvalue weighted by molar-refractivity contribution is 5.86. The average molecular weight is 247 g/mol. The summed E-state index contributed by atoms with van der Waals surface area (Å²) in [5.41, 5.74) is 9.22. The van der Waals surface area contributed by atoms with Gasteiger partial charge < -0.3 is 16.0 Å². The van der Waals surface area contributed by atoms with Crippen LogP contribution in [0.5, 0.6) is 0 Å². The minimum Gasteiger partial charge on any atom is -0.357 e. The predicted octanol–water partition coefficient (Wildman–Crippen LogP) is 0.957. The Morgan fingerprint density at radius 3 is 2.89 bits per heavy atom. The van der Waals surface area contributed by atoms with E-state index in [1.165, 1.54) is 11.1 Å². The molecule has 0 radical (unpaired) electrons. The van der Waals surface area contributed by atoms with E-state index >= 15 is 0 Å². The minimum absolute atomic E-state index is 0.0895. The Hall–Kier alpha value is -1.55. The minimum atomic E-state index is -0.134. The topological polar surface area (TPSA) is 58.4 Å². The van der Waals surface area contributed by atoms with Gasteiger partial charge in [0, 0.05) is 18.8 Å². The Kier molecular flexibility index (Phi) is 3.87. The van der Waals surface area contributed by atoms with Crippen LogP contribution in [-0.4, -0.2) is 31.6 Å². The van der Waals surface area contributed by atoms with Crippen LogP contribution in [0.4, 0.5) is 5.69 Å². The van der Waals surface area contributed by atoms with E-state index in [0.29, 0.717) is 19.5 Å². The Bertz CT molecular complexity index is 445. The van der Waals surface area contributed by atoms with Crippen LogP contribution in [0.25, 0.3) is 0 Å². The van der Waals surface area contributed by atoms with Gasteiger partial charge in [0.25, 0.3) is 0 Å². The van der Waals surface area contributed by atoms with Gasteiger partial charge in [-0.25, -0.2) is 0 Å². The van der Waals surface area contributed by atoms with Gasteiger partial charge in [-0.2, -0.15) is 0 Å². The number of nitrogens with one attached hydrogen (secondary N) is 1. The SMILES string of the molecule is Cc1ccc(N2CCNC(=O)C2CCN)c(C)c1. The summed E-state index contributed by atoms with van der Waals surface area (Å²) in [5, 5.41) is 2.91. The molecule has 1 fully saturated rings. The smallest absolute Gasteiger partial charge is 0.242 e. The highest BCUT2D eigenvalue weighted by atomic mass is 16.2. The van der Waals surface area contributed by atoms with E-state index in [1.54, 1.807) is 0 Å². The summed E-state index contributed by atoms with van der Waals surface area (Å²) in [4.78, 5) is 14.1. The number of carbonyl (C=O) groups excluding carboxylic acids is 1. The van der Waals surface area contributed by atoms with Gasteiger partial charge in [0.1, 0.15) is 6.04 Å². The molecule has 1 atom stereocenters. The molecule has 4 heteroatoms. The first kappa shape index (κ1) is 12.9. The summed E-state index contributed by atoms with van der Waals surface area (Å²) in [6, 6.07) is 6.22. The van der Waals surface area contributed by atoms with Gasteiger partial charge in [0.05, 0.1) is 0 Å². The van der Waals surface area contributed by atoms with Crippen LogP contribution in [0.15, 0.2) is 18.2 Å². The molecule has 1 amide bonds. The lowest BCUT2D eigenvalue weighted by atomic mass is 10.0. The summed E-state index contributed by atoms with van der Waals surface area (Å²) in [7, 11) is 0. The number of hydrogen-bond donors (Lipinski definition) is 2. The fourth-order valence-corrected chi connectivity index (χ4v) is 2.58. The first-order chi connectivity index (χ1) is 8.63. The summed E-state index contributed by atoms with van der Waals surface area (Å²) < 4.78 is 0. The molecule has 3 N–H and O–H groups in total. The number of benzene rings is 1. The van der Waals surface area contributed by atoms with Crippen LogP contribution >= 0.6 is 0 Å². The second-order valence-corrected chi connectivity index (χ2v) is 4.87. The van der Waals surface area contributed by atoms with Gasteiger partial charge in [-0.3, -0.25) is 4.79 Å². The quantitative estimate of drug-likeness (QED) is 0.836. The monoisotopic (exact) mass is 247 g/mol. The van der Waals surface area contributed by atoms with Gasteiger partial charge in [0.2, 0.25) is 5.91 Å². The third-order valence-electron chi connectivity index (χ3n) is 3.43. The van der Waals surface area contributed by atoms with E-state index in [1.807, 2.05) is 0 Å². The average Bonchev–Trinajstić information content (AvgIpc) is 2.32. The molecule has 0 saturated carbocycles. The van der Waals surface area contributed by atoms with Gasteiger partial charge in [-0.05, 0) is 38.4 Å². The molecular weight excluding hydrogens is 226 g/mol. The standard InChI is InChI=1S/C14H21N3O/c1-10-3-4-12(11(2)9-10)17-8-7-16-14(18)13(17)5-6-15/h3-4,9,13H,5-8,15H2,1-2H3,(H,16,18). The number of rotatable bonds is 3. The van der Waals surface area contributed by atoms with Crippen molar-refractivity contribution in [2.45, 2.75) is 26.3 Å². The maximum atomic E-state index is 11.9. The number of carbonyl (C=O) groups is 1. The lowest BCUT2D eigenvalue weighted by molar-refractivity contribution is -0.123. The lowest BCUT2D eigenvalue weighted by Crippen LogP contribution is -2.56. The maximum absolute atomic E-state index is 11.9. The van der Waals surface area contributed by atoms with E-state index in [4.69, 9.17) is 5.73 Å². The van der Waals surface area contributed by atoms with Gasteiger partial charge in [0.15, 0.2) is 0 Å². The van der Waals surface area contributed by atoms with Crippen molar-refractivity contribution in [2.75, 3.05) is 24.5 Å². The molecule has 0 spiro atoms. The van der Waals surface area contributed by atoms with Crippen molar-refractivity contribution in [2.24, 2.45) is 5.73 Å². The molecule has 0 aromatic heterocycles. The fourth-order valence-electron chi connectivity index (χ4n) is 2.58. The van der Waals surface area contributed by atoms with E-state index in [0.717, 1.165) is 12.2 Å². The normalized spacial score (nSPS) is 19.8. The van der Waals surface area contributed by atoms with E-state index < -0.39 is 0 Å². The molecule has 4 nitrogen and oxygen atoms in total. The molecule has 0 aliphatic carbocycles. The molecule has 1 aromatic carbocycles. The Labute approximate surface area is 108 Å². The number of nitrogens with two attached hydrogens (primary N) is 1. The molecule has 0 bridgehead atoms. The van der Waals surface area contributed by atoms with Crippen molar-refractivity contribution < 1.29 is 4.79 Å². The third kappa shape index (κ3) is 2.48. The van der Waals surface area contributed by atoms with Crippen LogP contribution < -0.4 is 16.0 Å². The van der Waals surface area contributed by atoms with Crippen molar-refractivity contribution in [3.05, 3.63) is 29.3 Å². The molecule has 1 aliphatic rings. The van der Waals surface area contributed by atoms with Gasteiger partial charge in [-0.15, -0.1) is 0 Å². The zero-order chi connectivity index (χ0) is 13.1. The molecule has 1 aliphatic heterocycles. The first-order valence-electron chi connectivity index (χ1n) is 6.45. The van der Waals surface area contributed by atoms with Crippen LogP contribution in [-0.2, 0) is 4.79 Å². The van der Waals surface area contributed by atoms with Gasteiger partial charge in [-0.1, -0.05) is 17.7 Å². The molecule has 1 saturated heterocycles. The summed E-state index contributed by atoms with van der Waals surface area (Å²) in [6.45, 7) is 6.25. The maximum Gasteiger partial charge on any atom is 0.242 e. The highest BCUT2D eigenvalue weighted by Crippen LogP contribution is 2.25. The number of amides is 1. The van der Waals surface area contributed by atoms with Crippen LogP contribution in [0.2, 0.25) is 0 Å². The zero-order valence-corrected chi connectivity index (χ0v) is 11.1. The molecule has 1 unspecified atom stereocenters. The molecular formula is C14H21N3O. The van der Waals surface area contributed by atoms with Crippen LogP contribution in [0.1, 0.15) is 17.5 Å². The number of anilines is 1. The number of hydrogen-bond acceptors (Lipinski definition) is 3. The van der Waals surface area contributed by atoms with Crippen molar-refractivity contribution in [1.82, 2.24) is 5.32 Å². The van der Waals surface area contributed by atoms with Crippen LogP contribution in [0, 0.1) is 13.8 Å². The van der Waals surface area contributed by atoms with Crippen LogP contribution in [0.3, 0.4) is 0 Å². The van der Waals surface area contributed by atoms with E-state index in [9.17, 15) is 4.79 Å². The molecule has 1 aromatic rings. The van der Waals surface area contributed by atoms with E-state index in [-0.39, 0.29) is 11.9 Å². The number of piperazine rings is 1. The second-order valence-electron chi connectivity index (χ2n) is 4.87. The summed E-state index contributed by atoms with van der Waals surface area (Å²) >= 11 is 0. The molecule has 98 valence electrons. The highest BCUT2D eigenvalue weighted by Gasteiger charge is 2.29. The lowest BCUT2D eigenvalue weighted by Gasteiger charge is -2.37. The Morgan fingerprint density at radius 2 is 2.22 bits per heavy atom. The van der Waals surface area contributed by atoms with Gasteiger partial charge >= 0.3 is 0 Å². The zero-order valence-electron chi connectivity index (χ0n) is 11.1. The molecule has 18 heavy (non-hydrogen) atoms. The first-order valence-corrected chi connectivity index (χ1v) is 6.45. The third-order valence-corrected chi connectivity index (χ3v) is 3.43. The van der Waals surface area contributed by atoms with E-state index in [2.05, 4.69) is 42.3 Å². The molecule has 1 heterocycles. The summed E-state index contributed by atoms with van der Waals surface area (Å²) in [5.74, 6) is 0.0895. The molecule has 2 rings (SSSR count). The number of aryl methyl sites for hydroxylation is 2. The second kappa shape index (κ2) is 5.40. The van der Waals surface area contributed by atoms with Crippen molar-refractivity contribution in [3.8, 4) is 0 Å². The van der Waals surface area contributed by atoms with Crippen molar-refractivity contribution in [3.63, 3.8) is 0 Å². The number of nitrogens with zero attached hydrogens (tertiary/aromatic N) is 1. The largest absolute Gasteiger partial charge is 0.357 e.